The molecule has 1 atom stereocenters. The molecule has 20 heavy (non-hydrogen) atoms. The van der Waals surface area contributed by atoms with Gasteiger partial charge in [0.15, 0.2) is 0 Å². The van der Waals surface area contributed by atoms with Crippen LogP contribution >= 0.6 is 0 Å². The van der Waals surface area contributed by atoms with Crippen LogP contribution in [0.5, 0.6) is 0 Å². The number of halogens is 2. The van der Waals surface area contributed by atoms with Gasteiger partial charge >= 0.3 is 0 Å². The van der Waals surface area contributed by atoms with Gasteiger partial charge < -0.3 is 10.1 Å². The highest BCUT2D eigenvalue weighted by atomic mass is 19.1. The molecule has 0 spiro atoms. The lowest BCUT2D eigenvalue weighted by atomic mass is 9.94. The van der Waals surface area contributed by atoms with Crippen molar-refractivity contribution in [2.45, 2.75) is 51.7 Å². The molecule has 2 nitrogen and oxygen atoms in total. The minimum atomic E-state index is -0.407. The SMILES string of the molecule is CCCNC(CCC(C)(C)OC)c1cc(F)ccc1F. The first-order valence-corrected chi connectivity index (χ1v) is 7.13. The molecule has 0 heterocycles. The Morgan fingerprint density at radius 1 is 1.30 bits per heavy atom. The second-order valence-corrected chi connectivity index (χ2v) is 5.68. The highest BCUT2D eigenvalue weighted by Gasteiger charge is 2.22. The number of ether oxygens (including phenoxy) is 1. The first-order chi connectivity index (χ1) is 9.39. The number of hydrogen-bond acceptors (Lipinski definition) is 2. The van der Waals surface area contributed by atoms with Gasteiger partial charge in [-0.3, -0.25) is 0 Å². The summed E-state index contributed by atoms with van der Waals surface area (Å²) in [6.45, 7) is 6.80. The zero-order valence-electron chi connectivity index (χ0n) is 12.8. The van der Waals surface area contributed by atoms with Gasteiger partial charge in [0, 0.05) is 18.7 Å². The topological polar surface area (TPSA) is 21.3 Å². The molecule has 1 unspecified atom stereocenters. The van der Waals surface area contributed by atoms with E-state index in [-0.39, 0.29) is 17.5 Å². The van der Waals surface area contributed by atoms with Crippen molar-refractivity contribution in [3.63, 3.8) is 0 Å². The van der Waals surface area contributed by atoms with Crippen LogP contribution in [-0.4, -0.2) is 19.3 Å². The van der Waals surface area contributed by atoms with Crippen LogP contribution in [0.4, 0.5) is 8.78 Å². The van der Waals surface area contributed by atoms with E-state index in [2.05, 4.69) is 5.32 Å². The van der Waals surface area contributed by atoms with Gasteiger partial charge in [0.1, 0.15) is 11.6 Å². The molecule has 0 aliphatic rings. The standard InChI is InChI=1S/C16H25F2NO/c1-5-10-19-15(8-9-16(2,3)20-4)13-11-12(17)6-7-14(13)18/h6-7,11,15,19H,5,8-10H2,1-4H3. The molecule has 0 saturated carbocycles. The van der Waals surface area contributed by atoms with Crippen molar-refractivity contribution >= 4 is 0 Å². The van der Waals surface area contributed by atoms with Crippen LogP contribution in [0, 0.1) is 11.6 Å². The van der Waals surface area contributed by atoms with Crippen LogP contribution in [0.3, 0.4) is 0 Å². The summed E-state index contributed by atoms with van der Waals surface area (Å²) in [4.78, 5) is 0. The molecule has 0 saturated heterocycles. The van der Waals surface area contributed by atoms with E-state index in [1.807, 2.05) is 20.8 Å². The first-order valence-electron chi connectivity index (χ1n) is 7.13. The van der Waals surface area contributed by atoms with E-state index in [9.17, 15) is 8.78 Å². The van der Waals surface area contributed by atoms with E-state index < -0.39 is 5.82 Å². The average molecular weight is 285 g/mol. The maximum absolute atomic E-state index is 13.9. The van der Waals surface area contributed by atoms with Gasteiger partial charge in [0.25, 0.3) is 0 Å². The lowest BCUT2D eigenvalue weighted by molar-refractivity contribution is 0.0116. The third-order valence-corrected chi connectivity index (χ3v) is 3.56. The lowest BCUT2D eigenvalue weighted by Gasteiger charge is -2.27. The molecule has 4 heteroatoms. The normalized spacial score (nSPS) is 13.5. The van der Waals surface area contributed by atoms with Crippen LogP contribution in [0.15, 0.2) is 18.2 Å². The minimum absolute atomic E-state index is 0.194. The zero-order chi connectivity index (χ0) is 15.2. The van der Waals surface area contributed by atoms with Gasteiger partial charge in [-0.05, 0) is 57.9 Å². The number of methoxy groups -OCH3 is 1. The van der Waals surface area contributed by atoms with Crippen LogP contribution < -0.4 is 5.32 Å². The Morgan fingerprint density at radius 3 is 2.60 bits per heavy atom. The second kappa shape index (κ2) is 7.70. The largest absolute Gasteiger partial charge is 0.379 e. The summed E-state index contributed by atoms with van der Waals surface area (Å²) in [5, 5.41) is 3.29. The van der Waals surface area contributed by atoms with E-state index in [1.54, 1.807) is 7.11 Å². The third kappa shape index (κ3) is 5.17. The van der Waals surface area contributed by atoms with Gasteiger partial charge in [0.2, 0.25) is 0 Å². The van der Waals surface area contributed by atoms with Crippen LogP contribution in [0.1, 0.15) is 51.6 Å². The maximum Gasteiger partial charge on any atom is 0.128 e. The number of hydrogen-bond donors (Lipinski definition) is 1. The number of benzene rings is 1. The molecule has 114 valence electrons. The molecule has 1 rings (SSSR count). The molecule has 0 fully saturated rings. The van der Waals surface area contributed by atoms with Crippen LogP contribution in [0.2, 0.25) is 0 Å². The van der Waals surface area contributed by atoms with Gasteiger partial charge in [-0.1, -0.05) is 6.92 Å². The monoisotopic (exact) mass is 285 g/mol. The molecule has 0 aliphatic heterocycles. The quantitative estimate of drug-likeness (QED) is 0.772. The number of nitrogens with one attached hydrogen (secondary N) is 1. The first kappa shape index (κ1) is 17.1. The predicted molar refractivity (Wildman–Crippen MR) is 77.7 cm³/mol. The summed E-state index contributed by atoms with van der Waals surface area (Å²) >= 11 is 0. The number of rotatable bonds is 8. The van der Waals surface area contributed by atoms with Crippen molar-refractivity contribution in [3.8, 4) is 0 Å². The van der Waals surface area contributed by atoms with E-state index in [0.717, 1.165) is 25.5 Å². The highest BCUT2D eigenvalue weighted by molar-refractivity contribution is 5.22. The van der Waals surface area contributed by atoms with Crippen LogP contribution in [-0.2, 0) is 4.74 Å². The van der Waals surface area contributed by atoms with E-state index in [0.29, 0.717) is 12.0 Å². The molecule has 1 aromatic carbocycles. The predicted octanol–water partition coefficient (Wildman–Crippen LogP) is 4.21. The summed E-state index contributed by atoms with van der Waals surface area (Å²) in [5.41, 5.74) is 0.126. The molecule has 0 bridgehead atoms. The fraction of sp³-hybridized carbons (Fsp3) is 0.625. The average Bonchev–Trinajstić information content (AvgIpc) is 2.42. The van der Waals surface area contributed by atoms with Gasteiger partial charge in [0.05, 0.1) is 5.60 Å². The highest BCUT2D eigenvalue weighted by Crippen LogP contribution is 2.26. The Labute approximate surface area is 120 Å². The Kier molecular flexibility index (Phi) is 6.56. The van der Waals surface area contributed by atoms with Gasteiger partial charge in [-0.2, -0.15) is 0 Å². The van der Waals surface area contributed by atoms with E-state index >= 15 is 0 Å². The molecule has 0 aliphatic carbocycles. The van der Waals surface area contributed by atoms with E-state index in [4.69, 9.17) is 4.74 Å². The molecular formula is C16H25F2NO. The molecule has 0 radical (unpaired) electrons. The fourth-order valence-electron chi connectivity index (χ4n) is 2.06. The Balaban J connectivity index is 2.85. The van der Waals surface area contributed by atoms with Crippen molar-refractivity contribution in [2.24, 2.45) is 0 Å². The zero-order valence-corrected chi connectivity index (χ0v) is 12.8. The Morgan fingerprint density at radius 2 is 2.00 bits per heavy atom. The van der Waals surface area contributed by atoms with Crippen molar-refractivity contribution in [1.29, 1.82) is 0 Å². The smallest absolute Gasteiger partial charge is 0.128 e. The summed E-state index contributed by atoms with van der Waals surface area (Å²) in [5.74, 6) is -0.772. The Hall–Kier alpha value is -1.00. The molecule has 1 aromatic rings. The maximum atomic E-state index is 13.9. The third-order valence-electron chi connectivity index (χ3n) is 3.56. The summed E-state index contributed by atoms with van der Waals surface area (Å²) in [6, 6.07) is 3.42. The minimum Gasteiger partial charge on any atom is -0.379 e. The summed E-state index contributed by atoms with van der Waals surface area (Å²) in [6.07, 6.45) is 2.41. The van der Waals surface area contributed by atoms with Crippen molar-refractivity contribution < 1.29 is 13.5 Å². The van der Waals surface area contributed by atoms with Crippen LogP contribution in [0.25, 0.3) is 0 Å². The summed E-state index contributed by atoms with van der Waals surface area (Å²) in [7, 11) is 1.66. The summed E-state index contributed by atoms with van der Waals surface area (Å²) < 4.78 is 32.6. The molecular weight excluding hydrogens is 260 g/mol. The second-order valence-electron chi connectivity index (χ2n) is 5.68. The molecule has 0 aromatic heterocycles. The van der Waals surface area contributed by atoms with Gasteiger partial charge in [-0.15, -0.1) is 0 Å². The van der Waals surface area contributed by atoms with E-state index in [1.165, 1.54) is 12.1 Å². The van der Waals surface area contributed by atoms with Gasteiger partial charge in [-0.25, -0.2) is 8.78 Å². The molecule has 1 N–H and O–H groups in total. The van der Waals surface area contributed by atoms with Crippen molar-refractivity contribution in [3.05, 3.63) is 35.4 Å². The van der Waals surface area contributed by atoms with Crippen molar-refractivity contribution in [1.82, 2.24) is 5.32 Å². The fourth-order valence-corrected chi connectivity index (χ4v) is 2.06. The molecule has 0 amide bonds. The lowest BCUT2D eigenvalue weighted by Crippen LogP contribution is -2.28. The van der Waals surface area contributed by atoms with Crippen molar-refractivity contribution in [2.75, 3.05) is 13.7 Å². The Bertz CT molecular complexity index is 421.